The molecule has 0 aliphatic carbocycles. The van der Waals surface area contributed by atoms with Crippen LogP contribution in [0.4, 0.5) is 8.78 Å². The Labute approximate surface area is 137 Å². The molecule has 1 unspecified atom stereocenters. The van der Waals surface area contributed by atoms with E-state index in [1.165, 1.54) is 18.4 Å². The maximum absolute atomic E-state index is 12.2. The van der Waals surface area contributed by atoms with E-state index in [4.69, 9.17) is 0 Å². The quantitative estimate of drug-likeness (QED) is 0.566. The van der Waals surface area contributed by atoms with E-state index >= 15 is 0 Å². The fraction of sp³-hybridized carbons (Fsp3) is 0.400. The molecule has 0 bridgehead atoms. The van der Waals surface area contributed by atoms with E-state index in [1.54, 1.807) is 24.3 Å². The molecule has 1 nitrogen and oxygen atoms in total. The van der Waals surface area contributed by atoms with Gasteiger partial charge in [-0.15, -0.1) is 0 Å². The zero-order valence-corrected chi connectivity index (χ0v) is 13.9. The van der Waals surface area contributed by atoms with Gasteiger partial charge in [0.15, 0.2) is 0 Å². The summed E-state index contributed by atoms with van der Waals surface area (Å²) in [6.07, 6.45) is 2.42. The molecule has 23 heavy (non-hydrogen) atoms. The Bertz CT molecular complexity index is 588. The van der Waals surface area contributed by atoms with Crippen LogP contribution in [-0.2, 0) is 0 Å². The van der Waals surface area contributed by atoms with Crippen LogP contribution in [0.1, 0.15) is 45.1 Å². The van der Waals surface area contributed by atoms with E-state index in [9.17, 15) is 8.78 Å². The van der Waals surface area contributed by atoms with Gasteiger partial charge in [-0.05, 0) is 47.1 Å². The second-order valence-corrected chi connectivity index (χ2v) is 6.40. The van der Waals surface area contributed by atoms with Crippen LogP contribution in [0, 0.1) is 5.92 Å². The molecule has 3 heteroatoms. The lowest BCUT2D eigenvalue weighted by Crippen LogP contribution is -2.01. The van der Waals surface area contributed by atoms with Gasteiger partial charge in [-0.3, -0.25) is 0 Å². The van der Waals surface area contributed by atoms with Gasteiger partial charge < -0.3 is 4.74 Å². The van der Waals surface area contributed by atoms with Gasteiger partial charge in [0.05, 0.1) is 0 Å². The fourth-order valence-corrected chi connectivity index (χ4v) is 2.58. The molecular weight excluding hydrogens is 294 g/mol. The monoisotopic (exact) mass is 318 g/mol. The predicted octanol–water partition coefficient (Wildman–Crippen LogP) is 6.49. The zero-order valence-electron chi connectivity index (χ0n) is 13.9. The third-order valence-corrected chi connectivity index (χ3v) is 4.07. The number of alkyl halides is 2. The second-order valence-electron chi connectivity index (χ2n) is 6.40. The van der Waals surface area contributed by atoms with Crippen molar-refractivity contribution < 1.29 is 13.5 Å². The number of ether oxygens (including phenoxy) is 1. The molecule has 0 aromatic heterocycles. The summed E-state index contributed by atoms with van der Waals surface area (Å²) in [4.78, 5) is 0. The average molecular weight is 318 g/mol. The van der Waals surface area contributed by atoms with Crippen LogP contribution in [-0.4, -0.2) is 6.61 Å². The fourth-order valence-electron chi connectivity index (χ4n) is 2.58. The first kappa shape index (κ1) is 17.5. The Balaban J connectivity index is 2.04. The summed E-state index contributed by atoms with van der Waals surface area (Å²) < 4.78 is 28.7. The standard InChI is InChI=1S/C20H24F2O/c1-14(2)4-5-15(3)16-6-8-17(9-7-16)18-10-12-19(13-11-18)23-20(21)22/h6-15,20H,4-5H2,1-3H3. The minimum atomic E-state index is -2.78. The molecule has 2 rings (SSSR count). The van der Waals surface area contributed by atoms with Crippen LogP contribution in [0.15, 0.2) is 48.5 Å². The summed E-state index contributed by atoms with van der Waals surface area (Å²) in [5.74, 6) is 1.46. The first-order chi connectivity index (χ1) is 11.0. The summed E-state index contributed by atoms with van der Waals surface area (Å²) >= 11 is 0. The molecule has 0 aliphatic heterocycles. The van der Waals surface area contributed by atoms with Crippen LogP contribution in [0.2, 0.25) is 0 Å². The maximum Gasteiger partial charge on any atom is 0.387 e. The SMILES string of the molecule is CC(C)CCC(C)c1ccc(-c2ccc(OC(F)F)cc2)cc1. The molecule has 0 aliphatic rings. The van der Waals surface area contributed by atoms with Crippen LogP contribution >= 0.6 is 0 Å². The van der Waals surface area contributed by atoms with Gasteiger partial charge in [0, 0.05) is 0 Å². The van der Waals surface area contributed by atoms with Crippen molar-refractivity contribution in [2.45, 2.75) is 46.1 Å². The highest BCUT2D eigenvalue weighted by Crippen LogP contribution is 2.27. The predicted molar refractivity (Wildman–Crippen MR) is 91.0 cm³/mol. The van der Waals surface area contributed by atoms with Crippen LogP contribution < -0.4 is 4.74 Å². The highest BCUT2D eigenvalue weighted by molar-refractivity contribution is 5.64. The van der Waals surface area contributed by atoms with Gasteiger partial charge in [0.1, 0.15) is 5.75 Å². The molecule has 0 spiro atoms. The Kier molecular flexibility index (Phi) is 6.14. The summed E-state index contributed by atoms with van der Waals surface area (Å²) in [6, 6.07) is 15.2. The smallest absolute Gasteiger partial charge is 0.387 e. The highest BCUT2D eigenvalue weighted by atomic mass is 19.3. The lowest BCUT2D eigenvalue weighted by atomic mass is 9.92. The van der Waals surface area contributed by atoms with Crippen molar-refractivity contribution in [2.75, 3.05) is 0 Å². The Morgan fingerprint density at radius 2 is 1.30 bits per heavy atom. The molecule has 0 heterocycles. The van der Waals surface area contributed by atoms with Crippen molar-refractivity contribution in [3.63, 3.8) is 0 Å². The number of hydrogen-bond acceptors (Lipinski definition) is 1. The molecule has 1 atom stereocenters. The van der Waals surface area contributed by atoms with Gasteiger partial charge in [-0.25, -0.2) is 0 Å². The van der Waals surface area contributed by atoms with Crippen LogP contribution in [0.3, 0.4) is 0 Å². The molecule has 0 saturated carbocycles. The molecule has 0 amide bonds. The lowest BCUT2D eigenvalue weighted by molar-refractivity contribution is -0.0498. The van der Waals surface area contributed by atoms with Crippen LogP contribution in [0.5, 0.6) is 5.75 Å². The van der Waals surface area contributed by atoms with E-state index in [-0.39, 0.29) is 5.75 Å². The van der Waals surface area contributed by atoms with E-state index in [0.29, 0.717) is 5.92 Å². The first-order valence-electron chi connectivity index (χ1n) is 8.11. The molecule has 2 aromatic carbocycles. The van der Waals surface area contributed by atoms with E-state index < -0.39 is 6.61 Å². The highest BCUT2D eigenvalue weighted by Gasteiger charge is 2.08. The first-order valence-corrected chi connectivity index (χ1v) is 8.11. The van der Waals surface area contributed by atoms with Crippen molar-refractivity contribution in [2.24, 2.45) is 5.92 Å². The average Bonchev–Trinajstić information content (AvgIpc) is 2.53. The van der Waals surface area contributed by atoms with Crippen molar-refractivity contribution >= 4 is 0 Å². The molecule has 0 N–H and O–H groups in total. The minimum Gasteiger partial charge on any atom is -0.435 e. The summed E-state index contributed by atoms with van der Waals surface area (Å²) in [6.45, 7) is 3.97. The number of rotatable bonds is 7. The Morgan fingerprint density at radius 1 is 0.783 bits per heavy atom. The molecule has 0 radical (unpaired) electrons. The van der Waals surface area contributed by atoms with Crippen molar-refractivity contribution in [3.05, 3.63) is 54.1 Å². The molecule has 2 aromatic rings. The molecule has 0 saturated heterocycles. The van der Waals surface area contributed by atoms with E-state index in [1.807, 2.05) is 0 Å². The van der Waals surface area contributed by atoms with Crippen molar-refractivity contribution in [1.29, 1.82) is 0 Å². The second kappa shape index (κ2) is 8.09. The third kappa shape index (κ3) is 5.34. The molecule has 124 valence electrons. The summed E-state index contributed by atoms with van der Waals surface area (Å²) in [7, 11) is 0. The summed E-state index contributed by atoms with van der Waals surface area (Å²) in [5, 5.41) is 0. The third-order valence-electron chi connectivity index (χ3n) is 4.07. The van der Waals surface area contributed by atoms with Gasteiger partial charge >= 0.3 is 6.61 Å². The van der Waals surface area contributed by atoms with E-state index in [2.05, 4.69) is 49.8 Å². The van der Waals surface area contributed by atoms with E-state index in [0.717, 1.165) is 17.0 Å². The maximum atomic E-state index is 12.2. The lowest BCUT2D eigenvalue weighted by Gasteiger charge is -2.14. The summed E-state index contributed by atoms with van der Waals surface area (Å²) in [5.41, 5.74) is 3.41. The largest absolute Gasteiger partial charge is 0.435 e. The van der Waals surface area contributed by atoms with Crippen molar-refractivity contribution in [1.82, 2.24) is 0 Å². The Hall–Kier alpha value is -1.90. The van der Waals surface area contributed by atoms with Gasteiger partial charge in [0.2, 0.25) is 0 Å². The normalized spacial score (nSPS) is 12.7. The number of halogens is 2. The number of hydrogen-bond donors (Lipinski definition) is 0. The van der Waals surface area contributed by atoms with Crippen molar-refractivity contribution in [3.8, 4) is 16.9 Å². The Morgan fingerprint density at radius 3 is 1.78 bits per heavy atom. The van der Waals surface area contributed by atoms with Crippen LogP contribution in [0.25, 0.3) is 11.1 Å². The number of benzene rings is 2. The topological polar surface area (TPSA) is 9.23 Å². The molecule has 0 fully saturated rings. The minimum absolute atomic E-state index is 0.183. The van der Waals surface area contributed by atoms with Gasteiger partial charge in [0.25, 0.3) is 0 Å². The van der Waals surface area contributed by atoms with Gasteiger partial charge in [-0.1, -0.05) is 63.6 Å². The van der Waals surface area contributed by atoms with Gasteiger partial charge in [-0.2, -0.15) is 8.78 Å². The zero-order chi connectivity index (χ0) is 16.8. The molecular formula is C20H24F2O.